The van der Waals surface area contributed by atoms with E-state index in [-0.39, 0.29) is 6.10 Å². The van der Waals surface area contributed by atoms with Gasteiger partial charge in [0, 0.05) is 12.1 Å². The Balaban J connectivity index is 1.62. The van der Waals surface area contributed by atoms with E-state index in [1.54, 1.807) is 0 Å². The molecule has 0 fully saturated rings. The maximum atomic E-state index is 8.92. The summed E-state index contributed by atoms with van der Waals surface area (Å²) in [7, 11) is 0. The molecule has 2 aromatic carbocycles. The quantitative estimate of drug-likeness (QED) is 0.925. The highest BCUT2D eigenvalue weighted by Crippen LogP contribution is 2.28. The number of nitrogens with zero attached hydrogens (tertiary/aromatic N) is 1. The third-order valence-electron chi connectivity index (χ3n) is 3.59. The van der Waals surface area contributed by atoms with Gasteiger partial charge in [0.25, 0.3) is 0 Å². The molecule has 0 radical (unpaired) electrons. The van der Waals surface area contributed by atoms with Crippen LogP contribution in [0.2, 0.25) is 0 Å². The van der Waals surface area contributed by atoms with E-state index in [4.69, 9.17) is 10.00 Å². The second-order valence-corrected chi connectivity index (χ2v) is 5.07. The predicted molar refractivity (Wildman–Crippen MR) is 78.9 cm³/mol. The highest BCUT2D eigenvalue weighted by Gasteiger charge is 2.21. The molecule has 20 heavy (non-hydrogen) atoms. The molecule has 1 aliphatic heterocycles. The number of para-hydroxylation sites is 1. The van der Waals surface area contributed by atoms with Gasteiger partial charge in [-0.25, -0.2) is 0 Å². The monoisotopic (exact) mass is 264 g/mol. The molecule has 0 saturated heterocycles. The molecule has 0 aliphatic carbocycles. The normalized spacial score (nSPS) is 16.1. The highest BCUT2D eigenvalue weighted by molar-refractivity contribution is 5.51. The maximum Gasteiger partial charge on any atom is 0.123 e. The SMILES string of the molecule is Cc1cc(NCC2Cc3ccccc3O2)ccc1C#N. The Hall–Kier alpha value is -2.47. The average Bonchev–Trinajstić information content (AvgIpc) is 2.88. The van der Waals surface area contributed by atoms with Gasteiger partial charge in [0.15, 0.2) is 0 Å². The average molecular weight is 264 g/mol. The molecule has 3 nitrogen and oxygen atoms in total. The Kier molecular flexibility index (Phi) is 3.30. The fraction of sp³-hybridized carbons (Fsp3) is 0.235. The lowest BCUT2D eigenvalue weighted by Gasteiger charge is -2.13. The van der Waals surface area contributed by atoms with Crippen LogP contribution in [-0.2, 0) is 6.42 Å². The first-order chi connectivity index (χ1) is 9.76. The first kappa shape index (κ1) is 12.6. The first-order valence-electron chi connectivity index (χ1n) is 6.75. The molecule has 1 aliphatic rings. The summed E-state index contributed by atoms with van der Waals surface area (Å²) in [4.78, 5) is 0. The van der Waals surface area contributed by atoms with Crippen LogP contribution in [0.25, 0.3) is 0 Å². The van der Waals surface area contributed by atoms with E-state index in [1.807, 2.05) is 43.3 Å². The van der Waals surface area contributed by atoms with Crippen LogP contribution in [-0.4, -0.2) is 12.6 Å². The van der Waals surface area contributed by atoms with E-state index in [0.29, 0.717) is 0 Å². The Labute approximate surface area is 118 Å². The Morgan fingerprint density at radius 2 is 2.15 bits per heavy atom. The zero-order valence-electron chi connectivity index (χ0n) is 11.4. The molecule has 0 saturated carbocycles. The van der Waals surface area contributed by atoms with Crippen LogP contribution in [0.5, 0.6) is 5.75 Å². The van der Waals surface area contributed by atoms with Gasteiger partial charge in [0.1, 0.15) is 11.9 Å². The molecule has 2 aromatic rings. The third kappa shape index (κ3) is 2.46. The van der Waals surface area contributed by atoms with Crippen LogP contribution in [0.1, 0.15) is 16.7 Å². The topological polar surface area (TPSA) is 45.0 Å². The molecular weight excluding hydrogens is 248 g/mol. The number of aryl methyl sites for hydroxylation is 1. The third-order valence-corrected chi connectivity index (χ3v) is 3.59. The number of nitriles is 1. The van der Waals surface area contributed by atoms with Crippen LogP contribution < -0.4 is 10.1 Å². The van der Waals surface area contributed by atoms with Gasteiger partial charge in [-0.1, -0.05) is 18.2 Å². The molecule has 1 unspecified atom stereocenters. The van der Waals surface area contributed by atoms with Gasteiger partial charge in [-0.15, -0.1) is 0 Å². The minimum absolute atomic E-state index is 0.170. The van der Waals surface area contributed by atoms with Gasteiger partial charge >= 0.3 is 0 Å². The van der Waals surface area contributed by atoms with E-state index >= 15 is 0 Å². The van der Waals surface area contributed by atoms with E-state index in [1.165, 1.54) is 5.56 Å². The van der Waals surface area contributed by atoms with Gasteiger partial charge in [0.05, 0.1) is 18.2 Å². The Morgan fingerprint density at radius 1 is 1.30 bits per heavy atom. The summed E-state index contributed by atoms with van der Waals surface area (Å²) in [5.41, 5.74) is 4.02. The van der Waals surface area contributed by atoms with Crippen molar-refractivity contribution < 1.29 is 4.74 Å². The molecule has 100 valence electrons. The molecule has 0 aromatic heterocycles. The van der Waals surface area contributed by atoms with Crippen molar-refractivity contribution in [1.82, 2.24) is 0 Å². The van der Waals surface area contributed by atoms with Crippen molar-refractivity contribution in [2.24, 2.45) is 0 Å². The summed E-state index contributed by atoms with van der Waals surface area (Å²) < 4.78 is 5.89. The van der Waals surface area contributed by atoms with Crippen molar-refractivity contribution in [2.45, 2.75) is 19.4 Å². The van der Waals surface area contributed by atoms with Crippen LogP contribution in [0, 0.1) is 18.3 Å². The van der Waals surface area contributed by atoms with Gasteiger partial charge in [-0.2, -0.15) is 5.26 Å². The molecule has 3 rings (SSSR count). The molecule has 1 heterocycles. The highest BCUT2D eigenvalue weighted by atomic mass is 16.5. The van der Waals surface area contributed by atoms with Crippen molar-refractivity contribution in [3.63, 3.8) is 0 Å². The molecular formula is C17H16N2O. The fourth-order valence-corrected chi connectivity index (χ4v) is 2.50. The second kappa shape index (κ2) is 5.26. The van der Waals surface area contributed by atoms with E-state index < -0.39 is 0 Å². The lowest BCUT2D eigenvalue weighted by atomic mass is 10.1. The predicted octanol–water partition coefficient (Wildman–Crippen LogP) is 3.28. The number of fused-ring (bicyclic) bond motifs is 1. The van der Waals surface area contributed by atoms with Crippen molar-refractivity contribution in [3.05, 3.63) is 59.2 Å². The maximum absolute atomic E-state index is 8.92. The summed E-state index contributed by atoms with van der Waals surface area (Å²) in [6, 6.07) is 16.1. The molecule has 0 amide bonds. The smallest absolute Gasteiger partial charge is 0.123 e. The minimum atomic E-state index is 0.170. The van der Waals surface area contributed by atoms with E-state index in [2.05, 4.69) is 17.5 Å². The van der Waals surface area contributed by atoms with Gasteiger partial charge < -0.3 is 10.1 Å². The van der Waals surface area contributed by atoms with E-state index in [0.717, 1.165) is 35.5 Å². The van der Waals surface area contributed by atoms with Crippen LogP contribution in [0.3, 0.4) is 0 Å². The number of hydrogen-bond acceptors (Lipinski definition) is 3. The zero-order valence-corrected chi connectivity index (χ0v) is 11.4. The van der Waals surface area contributed by atoms with Crippen molar-refractivity contribution in [3.8, 4) is 11.8 Å². The largest absolute Gasteiger partial charge is 0.488 e. The Morgan fingerprint density at radius 3 is 2.90 bits per heavy atom. The van der Waals surface area contributed by atoms with E-state index in [9.17, 15) is 0 Å². The zero-order chi connectivity index (χ0) is 13.9. The standard InChI is InChI=1S/C17H16N2O/c1-12-8-15(7-6-14(12)10-18)19-11-16-9-13-4-2-3-5-17(13)20-16/h2-8,16,19H,9,11H2,1H3. The lowest BCUT2D eigenvalue weighted by Crippen LogP contribution is -2.23. The van der Waals surface area contributed by atoms with Crippen LogP contribution in [0.15, 0.2) is 42.5 Å². The minimum Gasteiger partial charge on any atom is -0.488 e. The summed E-state index contributed by atoms with van der Waals surface area (Å²) in [6.07, 6.45) is 1.11. The summed E-state index contributed by atoms with van der Waals surface area (Å²) >= 11 is 0. The lowest BCUT2D eigenvalue weighted by molar-refractivity contribution is 0.246. The molecule has 1 N–H and O–H groups in total. The number of benzene rings is 2. The molecule has 3 heteroatoms. The molecule has 0 spiro atoms. The number of nitrogens with one attached hydrogen (secondary N) is 1. The number of anilines is 1. The number of rotatable bonds is 3. The van der Waals surface area contributed by atoms with Crippen molar-refractivity contribution in [1.29, 1.82) is 5.26 Å². The summed E-state index contributed by atoms with van der Waals surface area (Å²) in [5, 5.41) is 12.3. The number of hydrogen-bond donors (Lipinski definition) is 1. The summed E-state index contributed by atoms with van der Waals surface area (Å²) in [6.45, 7) is 2.71. The molecule has 1 atom stereocenters. The summed E-state index contributed by atoms with van der Waals surface area (Å²) in [5.74, 6) is 0.996. The first-order valence-corrected chi connectivity index (χ1v) is 6.75. The van der Waals surface area contributed by atoms with Crippen molar-refractivity contribution in [2.75, 3.05) is 11.9 Å². The Bertz CT molecular complexity index is 648. The number of ether oxygens (including phenoxy) is 1. The second-order valence-electron chi connectivity index (χ2n) is 5.07. The van der Waals surface area contributed by atoms with Gasteiger partial charge in [0.2, 0.25) is 0 Å². The van der Waals surface area contributed by atoms with Crippen molar-refractivity contribution >= 4 is 5.69 Å². The van der Waals surface area contributed by atoms with Gasteiger partial charge in [-0.3, -0.25) is 0 Å². The van der Waals surface area contributed by atoms with Crippen LogP contribution in [0.4, 0.5) is 5.69 Å². The molecule has 0 bridgehead atoms. The fourth-order valence-electron chi connectivity index (χ4n) is 2.50. The van der Waals surface area contributed by atoms with Crippen LogP contribution >= 0.6 is 0 Å². The van der Waals surface area contributed by atoms with Gasteiger partial charge in [-0.05, 0) is 42.3 Å².